The summed E-state index contributed by atoms with van der Waals surface area (Å²) in [7, 11) is 0. The smallest absolute Gasteiger partial charge is 0.246 e. The first kappa shape index (κ1) is 12.4. The maximum Gasteiger partial charge on any atom is 0.246 e. The lowest BCUT2D eigenvalue weighted by Gasteiger charge is -2.42. The zero-order valence-electron chi connectivity index (χ0n) is 10.7. The normalized spacial score (nSPS) is 28.1. The molecule has 0 aromatic heterocycles. The lowest BCUT2D eigenvalue weighted by atomic mass is 9.79. The van der Waals surface area contributed by atoms with Crippen molar-refractivity contribution in [1.29, 1.82) is 0 Å². The summed E-state index contributed by atoms with van der Waals surface area (Å²) in [5, 5.41) is 5.89. The maximum atomic E-state index is 12.2. The third-order valence-corrected chi connectivity index (χ3v) is 3.83. The Kier molecular flexibility index (Phi) is 3.40. The van der Waals surface area contributed by atoms with Crippen molar-refractivity contribution in [3.05, 3.63) is 0 Å². The summed E-state index contributed by atoms with van der Waals surface area (Å²) in [6, 6.07) is -0.338. The molecule has 4 nitrogen and oxygen atoms in total. The third kappa shape index (κ3) is 2.45. The predicted molar refractivity (Wildman–Crippen MR) is 65.3 cm³/mol. The summed E-state index contributed by atoms with van der Waals surface area (Å²) in [5.74, 6) is 0.439. The molecule has 1 saturated heterocycles. The fourth-order valence-corrected chi connectivity index (χ4v) is 2.89. The SMILES string of the molecule is CC(C)C[C@H]1NC(=O)C2(CCCCC2)NC1=O. The van der Waals surface area contributed by atoms with Crippen LogP contribution in [0.5, 0.6) is 0 Å². The molecular weight excluding hydrogens is 216 g/mol. The highest BCUT2D eigenvalue weighted by Gasteiger charge is 2.46. The van der Waals surface area contributed by atoms with Crippen LogP contribution in [0.2, 0.25) is 0 Å². The van der Waals surface area contributed by atoms with Gasteiger partial charge in [0.2, 0.25) is 11.8 Å². The van der Waals surface area contributed by atoms with Crippen molar-refractivity contribution in [2.75, 3.05) is 0 Å². The van der Waals surface area contributed by atoms with E-state index in [2.05, 4.69) is 24.5 Å². The second-order valence-electron chi connectivity index (χ2n) is 5.79. The van der Waals surface area contributed by atoms with E-state index >= 15 is 0 Å². The molecule has 0 bridgehead atoms. The van der Waals surface area contributed by atoms with Gasteiger partial charge in [-0.3, -0.25) is 9.59 Å². The molecule has 2 amide bonds. The molecule has 2 N–H and O–H groups in total. The standard InChI is InChI=1S/C13H22N2O2/c1-9(2)8-10-11(16)15-13(12(17)14-10)6-4-3-5-7-13/h9-10H,3-8H2,1-2H3,(H,14,17)(H,15,16)/t10-/m1/s1. The van der Waals surface area contributed by atoms with E-state index in [1.807, 2.05) is 0 Å². The van der Waals surface area contributed by atoms with Gasteiger partial charge in [0.25, 0.3) is 0 Å². The average molecular weight is 238 g/mol. The predicted octanol–water partition coefficient (Wildman–Crippen LogP) is 1.35. The molecule has 1 aliphatic heterocycles. The lowest BCUT2D eigenvalue weighted by Crippen LogP contribution is -2.69. The van der Waals surface area contributed by atoms with Crippen LogP contribution in [-0.4, -0.2) is 23.4 Å². The van der Waals surface area contributed by atoms with Gasteiger partial charge < -0.3 is 10.6 Å². The van der Waals surface area contributed by atoms with Crippen LogP contribution < -0.4 is 10.6 Å². The molecule has 1 spiro atoms. The molecule has 2 rings (SSSR count). The zero-order valence-corrected chi connectivity index (χ0v) is 10.7. The van der Waals surface area contributed by atoms with Crippen LogP contribution in [0.15, 0.2) is 0 Å². The number of rotatable bonds is 2. The Morgan fingerprint density at radius 2 is 1.88 bits per heavy atom. The van der Waals surface area contributed by atoms with Crippen LogP contribution in [0.4, 0.5) is 0 Å². The van der Waals surface area contributed by atoms with Crippen molar-refractivity contribution in [3.63, 3.8) is 0 Å². The molecule has 0 aromatic rings. The summed E-state index contributed by atoms with van der Waals surface area (Å²) < 4.78 is 0. The average Bonchev–Trinajstić information content (AvgIpc) is 2.27. The van der Waals surface area contributed by atoms with Crippen molar-refractivity contribution < 1.29 is 9.59 Å². The summed E-state index contributed by atoms with van der Waals surface area (Å²) in [5.41, 5.74) is -0.594. The van der Waals surface area contributed by atoms with Crippen LogP contribution in [0.3, 0.4) is 0 Å². The van der Waals surface area contributed by atoms with E-state index in [1.165, 1.54) is 6.42 Å². The van der Waals surface area contributed by atoms with Gasteiger partial charge in [0.05, 0.1) is 0 Å². The topological polar surface area (TPSA) is 58.2 Å². The summed E-state index contributed by atoms with van der Waals surface area (Å²) >= 11 is 0. The molecule has 0 unspecified atom stereocenters. The first-order valence-electron chi connectivity index (χ1n) is 6.66. The number of hydrogen-bond donors (Lipinski definition) is 2. The minimum Gasteiger partial charge on any atom is -0.342 e. The Bertz CT molecular complexity index is 319. The molecular formula is C13H22N2O2. The number of carbonyl (C=O) groups is 2. The van der Waals surface area contributed by atoms with Gasteiger partial charge in [-0.25, -0.2) is 0 Å². The van der Waals surface area contributed by atoms with Crippen molar-refractivity contribution in [3.8, 4) is 0 Å². The highest BCUT2D eigenvalue weighted by atomic mass is 16.2. The number of amides is 2. The Labute approximate surface area is 103 Å². The Balaban J connectivity index is 2.06. The third-order valence-electron chi connectivity index (χ3n) is 3.83. The van der Waals surface area contributed by atoms with Gasteiger partial charge in [-0.2, -0.15) is 0 Å². The number of hydrogen-bond acceptors (Lipinski definition) is 2. The number of piperazine rings is 1. The molecule has 4 heteroatoms. The second-order valence-corrected chi connectivity index (χ2v) is 5.79. The van der Waals surface area contributed by atoms with Gasteiger partial charge in [-0.15, -0.1) is 0 Å². The van der Waals surface area contributed by atoms with Gasteiger partial charge in [0, 0.05) is 0 Å². The first-order chi connectivity index (χ1) is 8.03. The largest absolute Gasteiger partial charge is 0.342 e. The molecule has 1 heterocycles. The van der Waals surface area contributed by atoms with Crippen molar-refractivity contribution in [2.24, 2.45) is 5.92 Å². The molecule has 0 aromatic carbocycles. The van der Waals surface area contributed by atoms with Crippen LogP contribution in [0.1, 0.15) is 52.4 Å². The lowest BCUT2D eigenvalue weighted by molar-refractivity contribution is -0.143. The number of carbonyl (C=O) groups excluding carboxylic acids is 2. The highest BCUT2D eigenvalue weighted by Crippen LogP contribution is 2.30. The minimum atomic E-state index is -0.594. The highest BCUT2D eigenvalue weighted by molar-refractivity contribution is 5.99. The zero-order chi connectivity index (χ0) is 12.5. The monoisotopic (exact) mass is 238 g/mol. The van der Waals surface area contributed by atoms with Crippen molar-refractivity contribution >= 4 is 11.8 Å². The van der Waals surface area contributed by atoms with Gasteiger partial charge in [0.1, 0.15) is 11.6 Å². The summed E-state index contributed by atoms with van der Waals surface area (Å²) in [4.78, 5) is 24.2. The van der Waals surface area contributed by atoms with E-state index in [-0.39, 0.29) is 17.9 Å². The van der Waals surface area contributed by atoms with Crippen molar-refractivity contribution in [1.82, 2.24) is 10.6 Å². The summed E-state index contributed by atoms with van der Waals surface area (Å²) in [6.45, 7) is 4.12. The van der Waals surface area contributed by atoms with Gasteiger partial charge in [0.15, 0.2) is 0 Å². The van der Waals surface area contributed by atoms with E-state index in [9.17, 15) is 9.59 Å². The van der Waals surface area contributed by atoms with E-state index < -0.39 is 5.54 Å². The van der Waals surface area contributed by atoms with E-state index in [1.54, 1.807) is 0 Å². The molecule has 96 valence electrons. The quantitative estimate of drug-likeness (QED) is 0.763. The Morgan fingerprint density at radius 3 is 2.47 bits per heavy atom. The molecule has 1 atom stereocenters. The fourth-order valence-electron chi connectivity index (χ4n) is 2.89. The van der Waals surface area contributed by atoms with E-state index in [0.717, 1.165) is 25.7 Å². The van der Waals surface area contributed by atoms with Gasteiger partial charge in [-0.05, 0) is 25.2 Å². The first-order valence-corrected chi connectivity index (χ1v) is 6.66. The molecule has 2 aliphatic rings. The summed E-state index contributed by atoms with van der Waals surface area (Å²) in [6.07, 6.45) is 5.52. The van der Waals surface area contributed by atoms with Crippen LogP contribution >= 0.6 is 0 Å². The van der Waals surface area contributed by atoms with Crippen molar-refractivity contribution in [2.45, 2.75) is 64.0 Å². The number of nitrogens with one attached hydrogen (secondary N) is 2. The fraction of sp³-hybridized carbons (Fsp3) is 0.846. The van der Waals surface area contributed by atoms with Gasteiger partial charge >= 0.3 is 0 Å². The Hall–Kier alpha value is -1.06. The van der Waals surface area contributed by atoms with Crippen LogP contribution in [0, 0.1) is 5.92 Å². The van der Waals surface area contributed by atoms with E-state index in [4.69, 9.17) is 0 Å². The molecule has 1 aliphatic carbocycles. The molecule has 2 fully saturated rings. The van der Waals surface area contributed by atoms with Crippen LogP contribution in [-0.2, 0) is 9.59 Å². The Morgan fingerprint density at radius 1 is 1.24 bits per heavy atom. The van der Waals surface area contributed by atoms with Gasteiger partial charge in [-0.1, -0.05) is 33.1 Å². The molecule has 17 heavy (non-hydrogen) atoms. The van der Waals surface area contributed by atoms with Crippen LogP contribution in [0.25, 0.3) is 0 Å². The molecule has 0 radical (unpaired) electrons. The maximum absolute atomic E-state index is 12.2. The second kappa shape index (κ2) is 4.67. The molecule has 1 saturated carbocycles. The van der Waals surface area contributed by atoms with E-state index in [0.29, 0.717) is 12.3 Å². The minimum absolute atomic E-state index is 0.000185.